The largest absolute Gasteiger partial charge is 0.365 e. The summed E-state index contributed by atoms with van der Waals surface area (Å²) in [7, 11) is -0.524. The summed E-state index contributed by atoms with van der Waals surface area (Å²) in [6.07, 6.45) is 1.49. The van der Waals surface area contributed by atoms with Crippen molar-refractivity contribution >= 4 is 22.0 Å². The Morgan fingerprint density at radius 1 is 0.923 bits per heavy atom. The summed E-state index contributed by atoms with van der Waals surface area (Å²) < 4.78 is 33.8. The van der Waals surface area contributed by atoms with Crippen molar-refractivity contribution < 1.29 is 22.7 Å². The molecule has 11 heteroatoms. The molecule has 39 heavy (non-hydrogen) atoms. The molecule has 2 fully saturated rings. The second kappa shape index (κ2) is 11.3. The third kappa shape index (κ3) is 5.59. The van der Waals surface area contributed by atoms with E-state index in [2.05, 4.69) is 17.4 Å². The van der Waals surface area contributed by atoms with E-state index in [-0.39, 0.29) is 37.0 Å². The number of piperazine rings is 1. The van der Waals surface area contributed by atoms with Gasteiger partial charge in [0.05, 0.1) is 18.8 Å². The molecule has 2 aromatic carbocycles. The first-order valence-corrected chi connectivity index (χ1v) is 14.9. The molecular weight excluding hydrogens is 518 g/mol. The van der Waals surface area contributed by atoms with Gasteiger partial charge in [-0.2, -0.15) is 17.0 Å². The zero-order chi connectivity index (χ0) is 27.6. The third-order valence-corrected chi connectivity index (χ3v) is 10.1. The van der Waals surface area contributed by atoms with Crippen molar-refractivity contribution in [3.05, 3.63) is 71.3 Å². The monoisotopic (exact) mass is 555 g/mol. The second-order valence-corrected chi connectivity index (χ2v) is 12.7. The Morgan fingerprint density at radius 3 is 2.23 bits per heavy atom. The number of carbonyl (C=O) groups excluding carboxylic acids is 2. The molecule has 1 N–H and O–H groups in total. The van der Waals surface area contributed by atoms with Gasteiger partial charge in [0.25, 0.3) is 10.2 Å². The first-order chi connectivity index (χ1) is 18.7. The molecule has 2 amide bonds. The summed E-state index contributed by atoms with van der Waals surface area (Å²) >= 11 is 0. The average molecular weight is 556 g/mol. The fourth-order valence-corrected chi connectivity index (χ4v) is 6.85. The van der Waals surface area contributed by atoms with Crippen LogP contribution >= 0.6 is 0 Å². The zero-order valence-electron chi connectivity index (χ0n) is 22.6. The molecule has 0 unspecified atom stereocenters. The molecule has 2 saturated heterocycles. The predicted molar refractivity (Wildman–Crippen MR) is 147 cm³/mol. The highest BCUT2D eigenvalue weighted by Gasteiger charge is 2.43. The van der Waals surface area contributed by atoms with Crippen molar-refractivity contribution in [3.8, 4) is 0 Å². The number of piperidine rings is 1. The van der Waals surface area contributed by atoms with Crippen LogP contribution in [0.15, 0.2) is 54.6 Å². The molecule has 0 radical (unpaired) electrons. The molecule has 1 spiro atoms. The predicted octanol–water partition coefficient (Wildman–Crippen LogP) is 1.32. The van der Waals surface area contributed by atoms with Crippen LogP contribution in [0.25, 0.3) is 0 Å². The van der Waals surface area contributed by atoms with Crippen molar-refractivity contribution in [2.45, 2.75) is 31.1 Å². The molecule has 5 rings (SSSR count). The van der Waals surface area contributed by atoms with Crippen LogP contribution in [0.5, 0.6) is 0 Å². The Kier molecular flexibility index (Phi) is 8.06. The fourth-order valence-electron chi connectivity index (χ4n) is 5.76. The van der Waals surface area contributed by atoms with Gasteiger partial charge in [0.15, 0.2) is 0 Å². The maximum absolute atomic E-state index is 13.6. The minimum atomic E-state index is -3.53. The number of rotatable bonds is 7. The molecule has 3 aliphatic heterocycles. The lowest BCUT2D eigenvalue weighted by molar-refractivity contribution is -0.138. The molecule has 210 valence electrons. The number of fused-ring (bicyclic) bond motifs is 2. The quantitative estimate of drug-likeness (QED) is 0.553. The van der Waals surface area contributed by atoms with Gasteiger partial charge in [-0.25, -0.2) is 0 Å². The smallest absolute Gasteiger partial charge is 0.281 e. The number of hydrogen-bond donors (Lipinski definition) is 1. The Labute approximate surface area is 230 Å². The Hall–Kier alpha value is -2.83. The maximum atomic E-state index is 13.6. The van der Waals surface area contributed by atoms with E-state index in [1.54, 1.807) is 4.90 Å². The molecular formula is C28H37N5O5S. The van der Waals surface area contributed by atoms with Gasteiger partial charge in [-0.05, 0) is 29.5 Å². The summed E-state index contributed by atoms with van der Waals surface area (Å²) in [5, 5.41) is 3.21. The maximum Gasteiger partial charge on any atom is 0.281 e. The summed E-state index contributed by atoms with van der Waals surface area (Å²) in [5.74, 6) is -0.212. The van der Waals surface area contributed by atoms with Crippen molar-refractivity contribution in [2.24, 2.45) is 0 Å². The first-order valence-electron chi connectivity index (χ1n) is 13.5. The molecule has 2 aromatic rings. The molecule has 1 atom stereocenters. The summed E-state index contributed by atoms with van der Waals surface area (Å²) in [6, 6.07) is 17.0. The van der Waals surface area contributed by atoms with E-state index in [0.717, 1.165) is 18.4 Å². The third-order valence-electron chi connectivity index (χ3n) is 8.11. The number of nitrogens with one attached hydrogen (secondary N) is 1. The Bertz CT molecular complexity index is 1290. The highest BCUT2D eigenvalue weighted by Crippen LogP contribution is 2.43. The van der Waals surface area contributed by atoms with Gasteiger partial charge in [0.1, 0.15) is 6.04 Å². The zero-order valence-corrected chi connectivity index (χ0v) is 23.4. The van der Waals surface area contributed by atoms with E-state index in [9.17, 15) is 18.0 Å². The van der Waals surface area contributed by atoms with Crippen LogP contribution in [0, 0.1) is 0 Å². The number of ether oxygens (including phenoxy) is 1. The van der Waals surface area contributed by atoms with E-state index in [0.29, 0.717) is 32.8 Å². The highest BCUT2D eigenvalue weighted by molar-refractivity contribution is 7.86. The molecule has 0 bridgehead atoms. The van der Waals surface area contributed by atoms with E-state index < -0.39 is 16.3 Å². The van der Waals surface area contributed by atoms with Crippen molar-refractivity contribution in [1.82, 2.24) is 23.7 Å². The second-order valence-electron chi connectivity index (χ2n) is 10.6. The van der Waals surface area contributed by atoms with Crippen LogP contribution < -0.4 is 5.32 Å². The highest BCUT2D eigenvalue weighted by atomic mass is 32.2. The SMILES string of the molecule is CN(C)S(=O)(=O)N1CCN(C(=O)[C@H](NCC(=O)N2CCC3(CC2)OCc2ccccc23)c2ccccc2)CC1. The standard InChI is InChI=1S/C28H37N5O5S/c1-30(2)39(36,37)33-18-16-32(17-19-33)27(35)26(22-8-4-3-5-9-22)29-20-25(34)31-14-12-28(13-15-31)24-11-7-6-10-23(24)21-38-28/h3-11,26,29H,12-21H2,1-2H3/t26-/m1/s1. The summed E-state index contributed by atoms with van der Waals surface area (Å²) in [4.78, 5) is 30.4. The molecule has 3 heterocycles. The van der Waals surface area contributed by atoms with Crippen molar-refractivity contribution in [2.75, 3.05) is 59.9 Å². The number of hydrogen-bond acceptors (Lipinski definition) is 6. The Morgan fingerprint density at radius 2 is 1.56 bits per heavy atom. The summed E-state index contributed by atoms with van der Waals surface area (Å²) in [6.45, 7) is 2.89. The van der Waals surface area contributed by atoms with E-state index in [1.165, 1.54) is 33.8 Å². The number of likely N-dealkylation sites (tertiary alicyclic amines) is 1. The van der Waals surface area contributed by atoms with Crippen LogP contribution in [-0.2, 0) is 36.7 Å². The average Bonchev–Trinajstić information content (AvgIpc) is 3.31. The topological polar surface area (TPSA) is 102 Å². The molecule has 3 aliphatic rings. The fraction of sp³-hybridized carbons (Fsp3) is 0.500. The van der Waals surface area contributed by atoms with Gasteiger partial charge >= 0.3 is 0 Å². The van der Waals surface area contributed by atoms with E-state index >= 15 is 0 Å². The van der Waals surface area contributed by atoms with Crippen LogP contribution in [0.2, 0.25) is 0 Å². The van der Waals surface area contributed by atoms with Gasteiger partial charge in [-0.1, -0.05) is 54.6 Å². The van der Waals surface area contributed by atoms with Gasteiger partial charge in [-0.15, -0.1) is 0 Å². The molecule has 0 aromatic heterocycles. The molecule has 10 nitrogen and oxygen atoms in total. The molecule has 0 saturated carbocycles. The van der Waals surface area contributed by atoms with Gasteiger partial charge in [-0.3, -0.25) is 14.9 Å². The van der Waals surface area contributed by atoms with E-state index in [1.807, 2.05) is 47.4 Å². The van der Waals surface area contributed by atoms with Gasteiger partial charge in [0.2, 0.25) is 11.8 Å². The van der Waals surface area contributed by atoms with Crippen molar-refractivity contribution in [1.29, 1.82) is 0 Å². The minimum Gasteiger partial charge on any atom is -0.365 e. The number of nitrogens with zero attached hydrogens (tertiary/aromatic N) is 4. The van der Waals surface area contributed by atoms with Crippen LogP contribution in [-0.4, -0.2) is 98.6 Å². The van der Waals surface area contributed by atoms with E-state index in [4.69, 9.17) is 4.74 Å². The van der Waals surface area contributed by atoms with Crippen LogP contribution in [0.3, 0.4) is 0 Å². The van der Waals surface area contributed by atoms with Gasteiger partial charge in [0, 0.05) is 53.4 Å². The number of benzene rings is 2. The normalized spacial score (nSPS) is 20.3. The lowest BCUT2D eigenvalue weighted by Crippen LogP contribution is -2.55. The number of carbonyl (C=O) groups is 2. The Balaban J connectivity index is 1.20. The summed E-state index contributed by atoms with van der Waals surface area (Å²) in [5.41, 5.74) is 2.92. The number of amides is 2. The minimum absolute atomic E-state index is 0.0325. The first kappa shape index (κ1) is 27.7. The van der Waals surface area contributed by atoms with Crippen LogP contribution in [0.1, 0.15) is 35.6 Å². The van der Waals surface area contributed by atoms with Gasteiger partial charge < -0.3 is 14.5 Å². The lowest BCUT2D eigenvalue weighted by Gasteiger charge is -2.39. The lowest BCUT2D eigenvalue weighted by atomic mass is 9.84. The van der Waals surface area contributed by atoms with Crippen molar-refractivity contribution in [3.63, 3.8) is 0 Å². The van der Waals surface area contributed by atoms with Crippen LogP contribution in [0.4, 0.5) is 0 Å². The molecule has 0 aliphatic carbocycles.